The predicted molar refractivity (Wildman–Crippen MR) is 92.9 cm³/mol. The minimum Gasteiger partial charge on any atom is -0.468 e. The maximum atomic E-state index is 12.6. The van der Waals surface area contributed by atoms with Crippen molar-refractivity contribution >= 4 is 28.2 Å². The summed E-state index contributed by atoms with van der Waals surface area (Å²) in [5.74, 6) is -0.145. The van der Waals surface area contributed by atoms with E-state index in [0.29, 0.717) is 42.3 Å². The smallest absolute Gasteiger partial charge is 0.419 e. The highest BCUT2D eigenvalue weighted by Crippen LogP contribution is 2.31. The Balaban J connectivity index is 1.63. The number of halogens is 3. The van der Waals surface area contributed by atoms with Gasteiger partial charge in [0.05, 0.1) is 11.8 Å². The van der Waals surface area contributed by atoms with Crippen molar-refractivity contribution in [3.63, 3.8) is 0 Å². The lowest BCUT2D eigenvalue weighted by Gasteiger charge is -2.33. The molecule has 1 atom stereocenters. The van der Waals surface area contributed by atoms with Gasteiger partial charge in [0, 0.05) is 31.5 Å². The third-order valence-corrected chi connectivity index (χ3v) is 4.61. The number of alkyl halides is 3. The van der Waals surface area contributed by atoms with Crippen LogP contribution < -0.4 is 20.3 Å². The molecular weight excluding hydrogens is 385 g/mol. The highest BCUT2D eigenvalue weighted by Gasteiger charge is 2.32. The largest absolute Gasteiger partial charge is 0.468 e. The minimum absolute atomic E-state index is 0.0424. The van der Waals surface area contributed by atoms with Crippen LogP contribution in [0.25, 0.3) is 0 Å². The van der Waals surface area contributed by atoms with Crippen molar-refractivity contribution in [1.29, 1.82) is 0 Å². The van der Waals surface area contributed by atoms with Gasteiger partial charge in [-0.2, -0.15) is 13.2 Å². The topological polar surface area (TPSA) is 97.5 Å². The Hall–Kier alpha value is -2.47. The van der Waals surface area contributed by atoms with E-state index in [2.05, 4.69) is 15.0 Å². The maximum Gasteiger partial charge on any atom is 0.419 e. The number of ether oxygens (including phenoxy) is 1. The van der Waals surface area contributed by atoms with Gasteiger partial charge in [0.2, 0.25) is 11.9 Å². The maximum absolute atomic E-state index is 12.6. The van der Waals surface area contributed by atoms with E-state index in [4.69, 9.17) is 10.5 Å². The number of nitrogens with zero attached hydrogens (tertiary/aromatic N) is 5. The molecule has 1 amide bonds. The number of carbonyl (C=O) groups excluding carboxylic acids is 1. The van der Waals surface area contributed by atoms with Gasteiger partial charge in [0.25, 0.3) is 5.19 Å². The van der Waals surface area contributed by atoms with Crippen LogP contribution in [-0.4, -0.2) is 53.1 Å². The van der Waals surface area contributed by atoms with Gasteiger partial charge >= 0.3 is 6.18 Å². The molecule has 0 radical (unpaired) electrons. The average molecular weight is 402 g/mol. The molecular formula is C15H17F3N6O2S. The number of hydrogen-bond donors (Lipinski definition) is 1. The van der Waals surface area contributed by atoms with E-state index in [1.807, 2.05) is 0 Å². The van der Waals surface area contributed by atoms with Crippen LogP contribution in [0.4, 0.5) is 24.1 Å². The van der Waals surface area contributed by atoms with Crippen molar-refractivity contribution in [1.82, 2.24) is 15.0 Å². The summed E-state index contributed by atoms with van der Waals surface area (Å²) in [5.41, 5.74) is 4.69. The van der Waals surface area contributed by atoms with Gasteiger partial charge in [-0.3, -0.25) is 9.69 Å². The number of aromatic nitrogens is 3. The van der Waals surface area contributed by atoms with E-state index in [9.17, 15) is 18.0 Å². The van der Waals surface area contributed by atoms with Gasteiger partial charge in [-0.25, -0.2) is 15.0 Å². The molecule has 2 aromatic heterocycles. The molecule has 1 unspecified atom stereocenters. The Kier molecular flexibility index (Phi) is 5.46. The molecule has 0 saturated carbocycles. The monoisotopic (exact) mass is 402 g/mol. The first-order chi connectivity index (χ1) is 12.7. The Morgan fingerprint density at radius 2 is 1.96 bits per heavy atom. The van der Waals surface area contributed by atoms with Crippen molar-refractivity contribution in [2.24, 2.45) is 5.73 Å². The number of piperazine rings is 1. The number of amides is 1. The first-order valence-corrected chi connectivity index (χ1v) is 8.84. The molecule has 12 heteroatoms. The van der Waals surface area contributed by atoms with Crippen LogP contribution in [0.2, 0.25) is 0 Å². The fourth-order valence-corrected chi connectivity index (χ4v) is 3.17. The van der Waals surface area contributed by atoms with Crippen molar-refractivity contribution in [3.05, 3.63) is 24.2 Å². The van der Waals surface area contributed by atoms with E-state index >= 15 is 0 Å². The molecule has 8 nitrogen and oxygen atoms in total. The SMILES string of the molecule is CC(N)COc1ncc(N2CCN(c3ncc(C(F)(F)F)cn3)CC2=O)s1. The Morgan fingerprint density at radius 3 is 2.56 bits per heavy atom. The van der Waals surface area contributed by atoms with Gasteiger partial charge in [-0.15, -0.1) is 0 Å². The highest BCUT2D eigenvalue weighted by atomic mass is 32.1. The van der Waals surface area contributed by atoms with Crippen molar-refractivity contribution in [3.8, 4) is 5.19 Å². The predicted octanol–water partition coefficient (Wildman–Crippen LogP) is 1.53. The van der Waals surface area contributed by atoms with Gasteiger partial charge in [-0.1, -0.05) is 11.3 Å². The van der Waals surface area contributed by atoms with Crippen LogP contribution in [-0.2, 0) is 11.0 Å². The van der Waals surface area contributed by atoms with Crippen LogP contribution in [0.1, 0.15) is 12.5 Å². The first-order valence-electron chi connectivity index (χ1n) is 8.03. The third kappa shape index (κ3) is 4.63. The van der Waals surface area contributed by atoms with Crippen molar-refractivity contribution in [2.45, 2.75) is 19.1 Å². The second kappa shape index (κ2) is 7.64. The Bertz CT molecular complexity index is 796. The molecule has 2 aromatic rings. The third-order valence-electron chi connectivity index (χ3n) is 3.68. The number of rotatable bonds is 5. The molecule has 146 valence electrons. The lowest BCUT2D eigenvalue weighted by atomic mass is 10.3. The van der Waals surface area contributed by atoms with E-state index in [0.717, 1.165) is 0 Å². The number of hydrogen-bond acceptors (Lipinski definition) is 8. The quantitative estimate of drug-likeness (QED) is 0.810. The van der Waals surface area contributed by atoms with E-state index < -0.39 is 11.7 Å². The van der Waals surface area contributed by atoms with Gasteiger partial charge in [-0.05, 0) is 6.92 Å². The van der Waals surface area contributed by atoms with E-state index in [-0.39, 0.29) is 24.4 Å². The lowest BCUT2D eigenvalue weighted by molar-refractivity contribution is -0.138. The molecule has 27 heavy (non-hydrogen) atoms. The molecule has 1 aliphatic heterocycles. The van der Waals surface area contributed by atoms with Crippen LogP contribution in [0.5, 0.6) is 5.19 Å². The summed E-state index contributed by atoms with van der Waals surface area (Å²) in [6.07, 6.45) is -1.53. The van der Waals surface area contributed by atoms with Crippen LogP contribution in [0.15, 0.2) is 18.6 Å². The second-order valence-electron chi connectivity index (χ2n) is 5.99. The summed E-state index contributed by atoms with van der Waals surface area (Å²) in [5, 5.41) is 1.05. The molecule has 0 bridgehead atoms. The standard InChI is InChI=1S/C15H17F3N6O2S/c1-9(19)8-26-14-22-6-12(27-14)24-3-2-23(7-11(24)25)13-20-4-10(5-21-13)15(16,17)18/h4-6,9H,2-3,7-8,19H2,1H3. The minimum atomic E-state index is -4.50. The zero-order valence-electron chi connectivity index (χ0n) is 14.3. The van der Waals surface area contributed by atoms with Gasteiger partial charge in [0.1, 0.15) is 18.2 Å². The number of nitrogens with two attached hydrogens (primary N) is 1. The van der Waals surface area contributed by atoms with Crippen LogP contribution in [0, 0.1) is 0 Å². The molecule has 3 rings (SSSR count). The summed E-state index contributed by atoms with van der Waals surface area (Å²) in [6, 6.07) is -0.133. The zero-order valence-corrected chi connectivity index (χ0v) is 15.1. The molecule has 0 aromatic carbocycles. The lowest BCUT2D eigenvalue weighted by Crippen LogP contribution is -2.51. The summed E-state index contributed by atoms with van der Waals surface area (Å²) in [4.78, 5) is 27.1. The number of anilines is 2. The molecule has 1 aliphatic rings. The Labute approximate surface area is 156 Å². The summed E-state index contributed by atoms with van der Waals surface area (Å²) >= 11 is 1.23. The fourth-order valence-electron chi connectivity index (χ4n) is 2.35. The summed E-state index contributed by atoms with van der Waals surface area (Å²) < 4.78 is 43.2. The molecule has 1 fully saturated rings. The molecule has 1 saturated heterocycles. The molecule has 3 heterocycles. The molecule has 0 spiro atoms. The molecule has 0 aliphatic carbocycles. The van der Waals surface area contributed by atoms with Crippen molar-refractivity contribution in [2.75, 3.05) is 36.0 Å². The second-order valence-corrected chi connectivity index (χ2v) is 6.96. The fraction of sp³-hybridized carbons (Fsp3) is 0.467. The van der Waals surface area contributed by atoms with E-state index in [1.54, 1.807) is 18.0 Å². The normalized spacial score (nSPS) is 16.6. The average Bonchev–Trinajstić information content (AvgIpc) is 3.08. The Morgan fingerprint density at radius 1 is 1.26 bits per heavy atom. The summed E-state index contributed by atoms with van der Waals surface area (Å²) in [7, 11) is 0. The first kappa shape index (κ1) is 19.3. The van der Waals surface area contributed by atoms with Crippen LogP contribution >= 0.6 is 11.3 Å². The highest BCUT2D eigenvalue weighted by molar-refractivity contribution is 7.17. The number of thiazole rings is 1. The van der Waals surface area contributed by atoms with Gasteiger partial charge < -0.3 is 15.4 Å². The van der Waals surface area contributed by atoms with Crippen molar-refractivity contribution < 1.29 is 22.7 Å². The number of carbonyl (C=O) groups is 1. The van der Waals surface area contributed by atoms with Gasteiger partial charge in [0.15, 0.2) is 0 Å². The molecule has 2 N–H and O–H groups in total. The summed E-state index contributed by atoms with van der Waals surface area (Å²) in [6.45, 7) is 2.79. The van der Waals surface area contributed by atoms with E-state index in [1.165, 1.54) is 16.2 Å². The zero-order chi connectivity index (χ0) is 19.6. The van der Waals surface area contributed by atoms with Crippen LogP contribution in [0.3, 0.4) is 0 Å².